The number of alkyl halides is 1. The highest BCUT2D eigenvalue weighted by atomic mass is 127. The first-order chi connectivity index (χ1) is 16.7. The van der Waals surface area contributed by atoms with Gasteiger partial charge in [-0.1, -0.05) is 125 Å². The van der Waals surface area contributed by atoms with Crippen LogP contribution in [0.15, 0.2) is 60.7 Å². The first-order valence-corrected chi connectivity index (χ1v) is 16.7. The molecule has 2 aromatic carbocycles. The van der Waals surface area contributed by atoms with E-state index in [1.165, 1.54) is 5.56 Å². The van der Waals surface area contributed by atoms with Gasteiger partial charge >= 0.3 is 0 Å². The number of ether oxygens (including phenoxy) is 1. The van der Waals surface area contributed by atoms with Crippen molar-refractivity contribution in [2.45, 2.75) is 95.6 Å². The molecule has 0 aromatic heterocycles. The maximum absolute atomic E-state index is 11.5. The highest BCUT2D eigenvalue weighted by Gasteiger charge is 2.51. The molecule has 4 nitrogen and oxygen atoms in total. The van der Waals surface area contributed by atoms with Gasteiger partial charge in [0.2, 0.25) is 0 Å². The highest BCUT2D eigenvalue weighted by Crippen LogP contribution is 2.43. The molecule has 0 aliphatic carbocycles. The number of aliphatic hydroxyl groups is 1. The Morgan fingerprint density at radius 1 is 0.829 bits per heavy atom. The molecular weight excluding hydrogens is 565 g/mol. The molecule has 1 aliphatic heterocycles. The third-order valence-corrected chi connectivity index (χ3v) is 14.8. The van der Waals surface area contributed by atoms with Crippen molar-refractivity contribution in [1.82, 2.24) is 4.90 Å². The van der Waals surface area contributed by atoms with Gasteiger partial charge in [-0.3, -0.25) is 4.90 Å². The minimum Gasteiger partial charge on any atom is -0.414 e. The van der Waals surface area contributed by atoms with Crippen molar-refractivity contribution < 1.29 is 14.3 Å². The van der Waals surface area contributed by atoms with Crippen LogP contribution in [0.25, 0.3) is 0 Å². The van der Waals surface area contributed by atoms with Gasteiger partial charge in [0.15, 0.2) is 8.32 Å². The molecule has 1 N–H and O–H groups in total. The number of likely N-dealkylation sites (tertiary alicyclic amines) is 1. The smallest absolute Gasteiger partial charge is 0.200 e. The van der Waals surface area contributed by atoms with E-state index < -0.39 is 14.4 Å². The molecule has 0 spiro atoms. The summed E-state index contributed by atoms with van der Waals surface area (Å²) in [5.41, 5.74) is 3.92. The fraction of sp³-hybridized carbons (Fsp3) is 0.586. The quantitative estimate of drug-likeness (QED) is 0.163. The second kappa shape index (κ2) is 13.2. The first-order valence-electron chi connectivity index (χ1n) is 13.1. The van der Waals surface area contributed by atoms with Crippen molar-refractivity contribution in [3.63, 3.8) is 0 Å². The zero-order chi connectivity index (χ0) is 25.6. The third kappa shape index (κ3) is 6.57. The fourth-order valence-corrected chi connectivity index (χ4v) is 12.7. The van der Waals surface area contributed by atoms with Gasteiger partial charge in [0, 0.05) is 17.0 Å². The van der Waals surface area contributed by atoms with E-state index in [-0.39, 0.29) is 18.2 Å². The summed E-state index contributed by atoms with van der Waals surface area (Å²) in [7, 11) is -2.05. The van der Waals surface area contributed by atoms with Crippen LogP contribution in [-0.4, -0.2) is 53.6 Å². The fourth-order valence-electron chi connectivity index (χ4n) is 6.18. The van der Waals surface area contributed by atoms with E-state index in [1.54, 1.807) is 0 Å². The molecule has 4 atom stereocenters. The van der Waals surface area contributed by atoms with Crippen LogP contribution >= 0.6 is 22.6 Å². The number of hydrogen-bond acceptors (Lipinski definition) is 4. The average molecular weight is 610 g/mol. The molecule has 0 unspecified atom stereocenters. The number of aliphatic hydroxyl groups excluding tert-OH is 1. The lowest BCUT2D eigenvalue weighted by Crippen LogP contribution is -2.52. The Morgan fingerprint density at radius 2 is 1.34 bits per heavy atom. The molecule has 3 rings (SSSR count). The topological polar surface area (TPSA) is 41.9 Å². The molecule has 0 saturated carbocycles. The van der Waals surface area contributed by atoms with Crippen LogP contribution in [0.2, 0.25) is 16.6 Å². The minimum absolute atomic E-state index is 0.00295. The predicted octanol–water partition coefficient (Wildman–Crippen LogP) is 6.81. The summed E-state index contributed by atoms with van der Waals surface area (Å²) < 4.78 is 14.4. The maximum Gasteiger partial charge on any atom is 0.200 e. The number of halogens is 1. The zero-order valence-electron chi connectivity index (χ0n) is 22.2. The van der Waals surface area contributed by atoms with Gasteiger partial charge in [0.05, 0.1) is 25.4 Å². The van der Waals surface area contributed by atoms with Gasteiger partial charge in [-0.05, 0) is 27.8 Å². The molecule has 6 heteroatoms. The summed E-state index contributed by atoms with van der Waals surface area (Å²) in [6, 6.07) is 20.8. The molecule has 1 heterocycles. The second-order valence-electron chi connectivity index (χ2n) is 10.8. The summed E-state index contributed by atoms with van der Waals surface area (Å²) in [6.45, 7) is 15.8. The number of benzene rings is 2. The lowest BCUT2D eigenvalue weighted by molar-refractivity contribution is -0.0468. The molecule has 1 fully saturated rings. The summed E-state index contributed by atoms with van der Waals surface area (Å²) >= 11 is 2.41. The lowest BCUT2D eigenvalue weighted by Gasteiger charge is -2.44. The summed E-state index contributed by atoms with van der Waals surface area (Å²) in [4.78, 5) is 2.45. The standard InChI is InChI=1S/C29H44INO3Si/c1-21(2)35(22(3)4,23(5)6)34-20-27-29(33-19-25-15-11-8-12-16-25)28(32)26(17-30)31(27)18-24-13-9-7-10-14-24/h7-16,21-23,26-29,32H,17-20H2,1-6H3/t26-,27+,28+,29+/m0/s1. The Kier molecular flexibility index (Phi) is 10.8. The molecule has 1 aliphatic rings. The third-order valence-electron chi connectivity index (χ3n) is 7.82. The van der Waals surface area contributed by atoms with Gasteiger partial charge in [-0.15, -0.1) is 0 Å². The van der Waals surface area contributed by atoms with E-state index in [0.717, 1.165) is 16.5 Å². The van der Waals surface area contributed by atoms with Crippen LogP contribution < -0.4 is 0 Å². The van der Waals surface area contributed by atoms with Crippen molar-refractivity contribution in [2.75, 3.05) is 11.0 Å². The Balaban J connectivity index is 1.91. The van der Waals surface area contributed by atoms with E-state index in [1.807, 2.05) is 18.2 Å². The molecule has 35 heavy (non-hydrogen) atoms. The predicted molar refractivity (Wildman–Crippen MR) is 156 cm³/mol. The average Bonchev–Trinajstić information content (AvgIpc) is 3.08. The van der Waals surface area contributed by atoms with E-state index >= 15 is 0 Å². The van der Waals surface area contributed by atoms with Crippen LogP contribution in [0.3, 0.4) is 0 Å². The number of nitrogens with zero attached hydrogens (tertiary/aromatic N) is 1. The zero-order valence-corrected chi connectivity index (χ0v) is 25.4. The van der Waals surface area contributed by atoms with Crippen molar-refractivity contribution >= 4 is 30.9 Å². The van der Waals surface area contributed by atoms with Crippen molar-refractivity contribution in [1.29, 1.82) is 0 Å². The van der Waals surface area contributed by atoms with Crippen molar-refractivity contribution in [3.05, 3.63) is 71.8 Å². The van der Waals surface area contributed by atoms with Crippen molar-refractivity contribution in [3.8, 4) is 0 Å². The molecule has 194 valence electrons. The van der Waals surface area contributed by atoms with E-state index in [9.17, 15) is 5.11 Å². The molecular formula is C29H44INO3Si. The Hall–Kier alpha value is -0.773. The minimum atomic E-state index is -2.05. The van der Waals surface area contributed by atoms with E-state index in [4.69, 9.17) is 9.16 Å². The maximum atomic E-state index is 11.5. The van der Waals surface area contributed by atoms with E-state index in [2.05, 4.69) is 111 Å². The molecule has 2 aromatic rings. The lowest BCUT2D eigenvalue weighted by atomic mass is 10.1. The largest absolute Gasteiger partial charge is 0.414 e. The molecule has 0 amide bonds. The normalized spacial score (nSPS) is 23.6. The van der Waals surface area contributed by atoms with Crippen molar-refractivity contribution in [2.24, 2.45) is 0 Å². The van der Waals surface area contributed by atoms with Gasteiger partial charge in [-0.2, -0.15) is 0 Å². The Labute approximate surface area is 227 Å². The Bertz CT molecular complexity index is 858. The second-order valence-corrected chi connectivity index (χ2v) is 17.2. The van der Waals surface area contributed by atoms with E-state index in [0.29, 0.717) is 29.8 Å². The first kappa shape index (κ1) is 28.8. The molecule has 0 bridgehead atoms. The van der Waals surface area contributed by atoms with Crippen LogP contribution in [0, 0.1) is 0 Å². The van der Waals surface area contributed by atoms with Gasteiger partial charge in [0.1, 0.15) is 6.10 Å². The number of rotatable bonds is 12. The monoisotopic (exact) mass is 609 g/mol. The Morgan fingerprint density at radius 3 is 1.83 bits per heavy atom. The number of hydrogen-bond donors (Lipinski definition) is 1. The molecule has 1 saturated heterocycles. The van der Waals surface area contributed by atoms with Gasteiger partial charge in [-0.25, -0.2) is 0 Å². The summed E-state index contributed by atoms with van der Waals surface area (Å²) in [5, 5.41) is 11.5. The summed E-state index contributed by atoms with van der Waals surface area (Å²) in [5.74, 6) is 0. The molecule has 0 radical (unpaired) electrons. The van der Waals surface area contributed by atoms with Crippen LogP contribution in [-0.2, 0) is 22.3 Å². The van der Waals surface area contributed by atoms with Gasteiger partial charge in [0.25, 0.3) is 0 Å². The van der Waals surface area contributed by atoms with Gasteiger partial charge < -0.3 is 14.3 Å². The van der Waals surface area contributed by atoms with Crippen LogP contribution in [0.4, 0.5) is 0 Å². The SMILES string of the molecule is CC(C)[Si](OC[C@@H]1[C@@H](OCc2ccccc2)[C@H](O)[C@H](CI)N1Cc1ccccc1)(C(C)C)C(C)C. The van der Waals surface area contributed by atoms with Crippen LogP contribution in [0.5, 0.6) is 0 Å². The van der Waals surface area contributed by atoms with Crippen LogP contribution in [0.1, 0.15) is 52.7 Å². The summed E-state index contributed by atoms with van der Waals surface area (Å²) in [6.07, 6.45) is -0.849. The highest BCUT2D eigenvalue weighted by molar-refractivity contribution is 14.1.